The largest absolute Gasteiger partial charge is 0.492 e. The van der Waals surface area contributed by atoms with Crippen molar-refractivity contribution in [1.29, 1.82) is 0 Å². The van der Waals surface area contributed by atoms with E-state index < -0.39 is 0 Å². The van der Waals surface area contributed by atoms with Crippen molar-refractivity contribution in [3.8, 4) is 5.75 Å². The van der Waals surface area contributed by atoms with Gasteiger partial charge in [0.05, 0.1) is 23.4 Å². The zero-order valence-corrected chi connectivity index (χ0v) is 16.1. The second-order valence-corrected chi connectivity index (χ2v) is 7.04. The highest BCUT2D eigenvalue weighted by atomic mass is 16.5. The average molecular weight is 379 g/mol. The first-order valence-corrected chi connectivity index (χ1v) is 9.83. The van der Waals surface area contributed by atoms with E-state index in [1.54, 1.807) is 24.3 Å². The lowest BCUT2D eigenvalue weighted by molar-refractivity contribution is 0.0635. The zero-order chi connectivity index (χ0) is 19.5. The van der Waals surface area contributed by atoms with Gasteiger partial charge in [-0.15, -0.1) is 0 Å². The molecule has 2 amide bonds. The molecule has 0 aliphatic carbocycles. The Bertz CT molecular complexity index is 840. The lowest BCUT2D eigenvalue weighted by Crippen LogP contribution is -2.49. The van der Waals surface area contributed by atoms with Crippen LogP contribution in [0, 0.1) is 0 Å². The molecule has 0 unspecified atom stereocenters. The number of para-hydroxylation sites is 2. The summed E-state index contributed by atoms with van der Waals surface area (Å²) in [6.45, 7) is 7.35. The van der Waals surface area contributed by atoms with Gasteiger partial charge >= 0.3 is 0 Å². The standard InChI is InChI=1S/C22H25N3O3/c1-2-28-20-10-6-5-9-19(20)24-14-11-23(12-15-24)13-16-25-21(26)17-7-3-4-8-18(17)22(25)27/h3-10H,2,11-16H2,1H3. The van der Waals surface area contributed by atoms with Crippen LogP contribution in [-0.2, 0) is 0 Å². The average Bonchev–Trinajstić information content (AvgIpc) is 2.98. The molecule has 2 aliphatic heterocycles. The van der Waals surface area contributed by atoms with Gasteiger partial charge in [-0.3, -0.25) is 19.4 Å². The SMILES string of the molecule is CCOc1ccccc1N1CCN(CCN2C(=O)c3ccccc3C2=O)CC1. The molecule has 146 valence electrons. The number of amides is 2. The van der Waals surface area contributed by atoms with Gasteiger partial charge in [-0.25, -0.2) is 0 Å². The van der Waals surface area contributed by atoms with Crippen LogP contribution in [0.25, 0.3) is 0 Å². The maximum absolute atomic E-state index is 12.5. The van der Waals surface area contributed by atoms with Gasteiger partial charge in [-0.1, -0.05) is 24.3 Å². The van der Waals surface area contributed by atoms with Crippen LogP contribution in [-0.4, -0.2) is 67.5 Å². The highest BCUT2D eigenvalue weighted by Gasteiger charge is 2.35. The van der Waals surface area contributed by atoms with E-state index in [9.17, 15) is 9.59 Å². The first-order chi connectivity index (χ1) is 13.7. The summed E-state index contributed by atoms with van der Waals surface area (Å²) in [5, 5.41) is 0. The van der Waals surface area contributed by atoms with Crippen molar-refractivity contribution in [1.82, 2.24) is 9.80 Å². The molecule has 1 saturated heterocycles. The van der Waals surface area contributed by atoms with Crippen LogP contribution < -0.4 is 9.64 Å². The molecule has 0 N–H and O–H groups in total. The van der Waals surface area contributed by atoms with Crippen LogP contribution in [0.2, 0.25) is 0 Å². The summed E-state index contributed by atoms with van der Waals surface area (Å²) >= 11 is 0. The number of benzene rings is 2. The summed E-state index contributed by atoms with van der Waals surface area (Å²) < 4.78 is 5.75. The third-order valence-corrected chi connectivity index (χ3v) is 5.40. The van der Waals surface area contributed by atoms with Crippen LogP contribution in [0.15, 0.2) is 48.5 Å². The van der Waals surface area contributed by atoms with Crippen LogP contribution in [0.4, 0.5) is 5.69 Å². The number of hydrogen-bond acceptors (Lipinski definition) is 5. The van der Waals surface area contributed by atoms with E-state index >= 15 is 0 Å². The Balaban J connectivity index is 1.32. The van der Waals surface area contributed by atoms with Gasteiger partial charge in [-0.05, 0) is 31.2 Å². The van der Waals surface area contributed by atoms with Gasteiger partial charge in [0.2, 0.25) is 0 Å². The highest BCUT2D eigenvalue weighted by Crippen LogP contribution is 2.29. The molecule has 0 spiro atoms. The second kappa shape index (κ2) is 8.02. The Morgan fingerprint density at radius 3 is 2.07 bits per heavy atom. The zero-order valence-electron chi connectivity index (χ0n) is 16.1. The van der Waals surface area contributed by atoms with Gasteiger partial charge in [0.15, 0.2) is 0 Å². The van der Waals surface area contributed by atoms with E-state index in [0.29, 0.717) is 30.8 Å². The molecule has 2 aromatic carbocycles. The molecule has 6 nitrogen and oxygen atoms in total. The van der Waals surface area contributed by atoms with Crippen LogP contribution >= 0.6 is 0 Å². The summed E-state index contributed by atoms with van der Waals surface area (Å²) in [4.78, 5) is 31.0. The van der Waals surface area contributed by atoms with Gasteiger partial charge < -0.3 is 9.64 Å². The number of imide groups is 1. The monoisotopic (exact) mass is 379 g/mol. The van der Waals surface area contributed by atoms with E-state index in [2.05, 4.69) is 15.9 Å². The summed E-state index contributed by atoms with van der Waals surface area (Å²) in [6, 6.07) is 15.2. The van der Waals surface area contributed by atoms with Crippen molar-refractivity contribution >= 4 is 17.5 Å². The fourth-order valence-corrected chi connectivity index (χ4v) is 3.89. The van der Waals surface area contributed by atoms with Crippen molar-refractivity contribution in [3.63, 3.8) is 0 Å². The van der Waals surface area contributed by atoms with E-state index in [1.807, 2.05) is 25.1 Å². The van der Waals surface area contributed by atoms with E-state index in [4.69, 9.17) is 4.74 Å². The fraction of sp³-hybridized carbons (Fsp3) is 0.364. The number of piperazine rings is 1. The molecule has 28 heavy (non-hydrogen) atoms. The number of ether oxygens (including phenoxy) is 1. The molecule has 0 aromatic heterocycles. The van der Waals surface area contributed by atoms with Crippen LogP contribution in [0.5, 0.6) is 5.75 Å². The molecule has 4 rings (SSSR count). The van der Waals surface area contributed by atoms with E-state index in [-0.39, 0.29) is 11.8 Å². The Hall–Kier alpha value is -2.86. The first kappa shape index (κ1) is 18.5. The second-order valence-electron chi connectivity index (χ2n) is 7.04. The highest BCUT2D eigenvalue weighted by molar-refractivity contribution is 6.21. The smallest absolute Gasteiger partial charge is 0.261 e. The van der Waals surface area contributed by atoms with Gasteiger partial charge in [-0.2, -0.15) is 0 Å². The van der Waals surface area contributed by atoms with Gasteiger partial charge in [0, 0.05) is 39.3 Å². The van der Waals surface area contributed by atoms with Crippen molar-refractivity contribution in [3.05, 3.63) is 59.7 Å². The minimum absolute atomic E-state index is 0.176. The van der Waals surface area contributed by atoms with Crippen LogP contribution in [0.3, 0.4) is 0 Å². The molecular weight excluding hydrogens is 354 g/mol. The maximum atomic E-state index is 12.5. The van der Waals surface area contributed by atoms with Crippen molar-refractivity contribution < 1.29 is 14.3 Å². The number of hydrogen-bond donors (Lipinski definition) is 0. The molecule has 0 saturated carbocycles. The Morgan fingerprint density at radius 2 is 1.43 bits per heavy atom. The number of nitrogens with zero attached hydrogens (tertiary/aromatic N) is 3. The van der Waals surface area contributed by atoms with Crippen LogP contribution in [0.1, 0.15) is 27.6 Å². The quantitative estimate of drug-likeness (QED) is 0.722. The van der Waals surface area contributed by atoms with Crippen molar-refractivity contribution in [2.75, 3.05) is 50.8 Å². The predicted octanol–water partition coefficient (Wildman–Crippen LogP) is 2.50. The van der Waals surface area contributed by atoms with Crippen molar-refractivity contribution in [2.45, 2.75) is 6.92 Å². The molecule has 0 radical (unpaired) electrons. The third-order valence-electron chi connectivity index (χ3n) is 5.40. The third kappa shape index (κ3) is 3.47. The fourth-order valence-electron chi connectivity index (χ4n) is 3.89. The minimum atomic E-state index is -0.176. The molecule has 2 aliphatic rings. The summed E-state index contributed by atoms with van der Waals surface area (Å²) in [5.74, 6) is 0.569. The topological polar surface area (TPSA) is 53.1 Å². The summed E-state index contributed by atoms with van der Waals surface area (Å²) in [6.07, 6.45) is 0. The number of fused-ring (bicyclic) bond motifs is 1. The molecule has 2 aromatic rings. The molecule has 6 heteroatoms. The summed E-state index contributed by atoms with van der Waals surface area (Å²) in [7, 11) is 0. The van der Waals surface area contributed by atoms with E-state index in [1.165, 1.54) is 4.90 Å². The van der Waals surface area contributed by atoms with Crippen molar-refractivity contribution in [2.24, 2.45) is 0 Å². The molecule has 1 fully saturated rings. The molecule has 2 heterocycles. The Kier molecular flexibility index (Phi) is 5.30. The summed E-state index contributed by atoms with van der Waals surface area (Å²) in [5.41, 5.74) is 2.17. The number of anilines is 1. The number of carbonyl (C=O) groups is 2. The minimum Gasteiger partial charge on any atom is -0.492 e. The molecular formula is C22H25N3O3. The Labute approximate surface area is 165 Å². The predicted molar refractivity (Wildman–Crippen MR) is 108 cm³/mol. The number of carbonyl (C=O) groups excluding carboxylic acids is 2. The first-order valence-electron chi connectivity index (χ1n) is 9.83. The van der Waals surface area contributed by atoms with Gasteiger partial charge in [0.1, 0.15) is 5.75 Å². The maximum Gasteiger partial charge on any atom is 0.261 e. The Morgan fingerprint density at radius 1 is 0.821 bits per heavy atom. The normalized spacial score (nSPS) is 17.2. The lowest BCUT2D eigenvalue weighted by atomic mass is 10.1. The number of rotatable bonds is 6. The van der Waals surface area contributed by atoms with Gasteiger partial charge in [0.25, 0.3) is 11.8 Å². The van der Waals surface area contributed by atoms with E-state index in [0.717, 1.165) is 37.6 Å². The lowest BCUT2D eigenvalue weighted by Gasteiger charge is -2.37. The molecule has 0 atom stereocenters. The molecule has 0 bridgehead atoms.